The van der Waals surface area contributed by atoms with E-state index >= 15 is 0 Å². The van der Waals surface area contributed by atoms with Gasteiger partial charge in [-0.15, -0.1) is 0 Å². The van der Waals surface area contributed by atoms with Crippen LogP contribution >= 0.6 is 0 Å². The Kier molecular flexibility index (Phi) is 6.04. The van der Waals surface area contributed by atoms with E-state index in [1.807, 2.05) is 11.7 Å². The average molecular weight is 369 g/mol. The molecule has 0 bridgehead atoms. The first-order valence-electron chi connectivity index (χ1n) is 9.83. The second-order valence-electron chi connectivity index (χ2n) is 7.31. The molecule has 1 aromatic carbocycles. The fourth-order valence-electron chi connectivity index (χ4n) is 3.69. The first-order chi connectivity index (χ1) is 13.0. The number of hydrogen-bond acceptors (Lipinski definition) is 3. The van der Waals surface area contributed by atoms with Gasteiger partial charge in [0.25, 0.3) is 0 Å². The second-order valence-corrected chi connectivity index (χ2v) is 7.31. The maximum Gasteiger partial charge on any atom is 0.191 e. The highest BCUT2D eigenvalue weighted by molar-refractivity contribution is 5.79. The summed E-state index contributed by atoms with van der Waals surface area (Å²) >= 11 is 0. The van der Waals surface area contributed by atoms with E-state index in [0.29, 0.717) is 6.54 Å². The van der Waals surface area contributed by atoms with Crippen molar-refractivity contribution in [2.24, 2.45) is 12.0 Å². The largest absolute Gasteiger partial charge is 0.374 e. The predicted molar refractivity (Wildman–Crippen MR) is 112 cm³/mol. The van der Waals surface area contributed by atoms with Gasteiger partial charge in [-0.2, -0.15) is 5.10 Å². The van der Waals surface area contributed by atoms with Crippen LogP contribution in [0.2, 0.25) is 0 Å². The van der Waals surface area contributed by atoms with Crippen LogP contribution in [0.4, 0.5) is 5.69 Å². The van der Waals surface area contributed by atoms with Gasteiger partial charge in [-0.3, -0.25) is 4.68 Å². The van der Waals surface area contributed by atoms with E-state index in [1.165, 1.54) is 34.5 Å². The summed E-state index contributed by atoms with van der Waals surface area (Å²) in [5.41, 5.74) is 7.55. The highest BCUT2D eigenvalue weighted by atomic mass is 15.3. The van der Waals surface area contributed by atoms with Crippen molar-refractivity contribution < 1.29 is 0 Å². The van der Waals surface area contributed by atoms with Crippen molar-refractivity contribution in [2.75, 3.05) is 25.0 Å². The molecule has 3 rings (SSSR count). The van der Waals surface area contributed by atoms with Crippen LogP contribution in [0.25, 0.3) is 0 Å². The Morgan fingerprint density at radius 1 is 1.22 bits per heavy atom. The smallest absolute Gasteiger partial charge is 0.191 e. The Bertz CT molecular complexity index is 820. The monoisotopic (exact) mass is 368 g/mol. The van der Waals surface area contributed by atoms with Crippen LogP contribution in [0.5, 0.6) is 0 Å². The minimum Gasteiger partial charge on any atom is -0.374 e. The minimum atomic E-state index is 0.678. The molecule has 1 aromatic heterocycles. The molecule has 0 saturated heterocycles. The van der Waals surface area contributed by atoms with Gasteiger partial charge in [-0.05, 0) is 50.8 Å². The van der Waals surface area contributed by atoms with Crippen molar-refractivity contribution >= 4 is 11.6 Å². The van der Waals surface area contributed by atoms with Crippen molar-refractivity contribution in [1.29, 1.82) is 0 Å². The van der Waals surface area contributed by atoms with E-state index in [9.17, 15) is 0 Å². The molecular formula is C21H32N6. The number of nitrogens with zero attached hydrogens (tertiary/aromatic N) is 4. The van der Waals surface area contributed by atoms with Gasteiger partial charge in [0.2, 0.25) is 0 Å². The highest BCUT2D eigenvalue weighted by Crippen LogP contribution is 2.27. The molecule has 1 aliphatic heterocycles. The lowest BCUT2D eigenvalue weighted by atomic mass is 10.00. The van der Waals surface area contributed by atoms with Gasteiger partial charge < -0.3 is 15.5 Å². The maximum absolute atomic E-state index is 4.79. The predicted octanol–water partition coefficient (Wildman–Crippen LogP) is 2.67. The number of nitrogens with one attached hydrogen (secondary N) is 2. The molecule has 146 valence electrons. The third-order valence-electron chi connectivity index (χ3n) is 5.35. The van der Waals surface area contributed by atoms with Gasteiger partial charge in [0.1, 0.15) is 0 Å². The molecule has 6 nitrogen and oxygen atoms in total. The molecule has 0 atom stereocenters. The van der Waals surface area contributed by atoms with Crippen molar-refractivity contribution in [2.45, 2.75) is 46.7 Å². The summed E-state index contributed by atoms with van der Waals surface area (Å²) in [6, 6.07) is 6.75. The number of benzene rings is 1. The summed E-state index contributed by atoms with van der Waals surface area (Å²) in [4.78, 5) is 7.13. The van der Waals surface area contributed by atoms with Gasteiger partial charge >= 0.3 is 0 Å². The zero-order valence-electron chi connectivity index (χ0n) is 17.3. The molecule has 0 spiro atoms. The van der Waals surface area contributed by atoms with Gasteiger partial charge in [-0.25, -0.2) is 4.99 Å². The van der Waals surface area contributed by atoms with E-state index in [0.717, 1.165) is 37.7 Å². The van der Waals surface area contributed by atoms with E-state index in [1.54, 1.807) is 0 Å². The Hall–Kier alpha value is -2.50. The quantitative estimate of drug-likeness (QED) is 0.629. The summed E-state index contributed by atoms with van der Waals surface area (Å²) in [7, 11) is 4.16. The molecule has 0 unspecified atom stereocenters. The molecule has 0 saturated carbocycles. The number of hydrogen-bond donors (Lipinski definition) is 2. The van der Waals surface area contributed by atoms with E-state index < -0.39 is 0 Å². The lowest BCUT2D eigenvalue weighted by Crippen LogP contribution is -2.37. The number of anilines is 1. The van der Waals surface area contributed by atoms with E-state index in [2.05, 4.69) is 66.7 Å². The number of guanidine groups is 1. The molecule has 0 radical (unpaired) electrons. The van der Waals surface area contributed by atoms with Gasteiger partial charge in [0, 0.05) is 50.7 Å². The van der Waals surface area contributed by atoms with Crippen molar-refractivity contribution in [3.8, 4) is 0 Å². The van der Waals surface area contributed by atoms with Crippen LogP contribution in [-0.4, -0.2) is 35.9 Å². The summed E-state index contributed by atoms with van der Waals surface area (Å²) in [6.45, 7) is 9.64. The molecule has 27 heavy (non-hydrogen) atoms. The molecule has 2 aromatic rings. The lowest BCUT2D eigenvalue weighted by Gasteiger charge is -2.27. The summed E-state index contributed by atoms with van der Waals surface area (Å²) in [5, 5.41) is 11.3. The molecule has 6 heteroatoms. The standard InChI is InChI=1S/C21H32N6/c1-6-22-21(24-14-19-15(2)25-27(5)16(19)3)23-13-17-9-10-20-18(12-17)8-7-11-26(20)4/h9-10,12H,6-8,11,13-14H2,1-5H3,(H2,22,23,24). The van der Waals surface area contributed by atoms with Crippen LogP contribution in [0.3, 0.4) is 0 Å². The van der Waals surface area contributed by atoms with Gasteiger partial charge in [-0.1, -0.05) is 12.1 Å². The zero-order valence-corrected chi connectivity index (χ0v) is 17.3. The maximum atomic E-state index is 4.79. The first-order valence-corrected chi connectivity index (χ1v) is 9.83. The Balaban J connectivity index is 1.68. The Morgan fingerprint density at radius 2 is 2.04 bits per heavy atom. The third-order valence-corrected chi connectivity index (χ3v) is 5.35. The van der Waals surface area contributed by atoms with Crippen LogP contribution in [0.1, 0.15) is 41.4 Å². The van der Waals surface area contributed by atoms with Crippen molar-refractivity contribution in [3.63, 3.8) is 0 Å². The molecule has 2 N–H and O–H groups in total. The van der Waals surface area contributed by atoms with Gasteiger partial charge in [0.15, 0.2) is 5.96 Å². The summed E-state index contributed by atoms with van der Waals surface area (Å²) in [6.07, 6.45) is 2.39. The number of rotatable bonds is 5. The number of aromatic nitrogens is 2. The average Bonchev–Trinajstić information content (AvgIpc) is 2.89. The molecular weight excluding hydrogens is 336 g/mol. The fraction of sp³-hybridized carbons (Fsp3) is 0.524. The first kappa shape index (κ1) is 19.3. The molecule has 0 aliphatic carbocycles. The van der Waals surface area contributed by atoms with Crippen molar-refractivity contribution in [1.82, 2.24) is 20.4 Å². The molecule has 0 fully saturated rings. The Labute approximate surface area is 162 Å². The summed E-state index contributed by atoms with van der Waals surface area (Å²) < 4.78 is 1.93. The highest BCUT2D eigenvalue weighted by Gasteiger charge is 2.14. The fourth-order valence-corrected chi connectivity index (χ4v) is 3.69. The van der Waals surface area contributed by atoms with Crippen LogP contribution in [-0.2, 0) is 26.6 Å². The molecule has 1 aliphatic rings. The van der Waals surface area contributed by atoms with E-state index in [4.69, 9.17) is 4.99 Å². The van der Waals surface area contributed by atoms with Gasteiger partial charge in [0.05, 0.1) is 12.2 Å². The zero-order chi connectivity index (χ0) is 19.4. The minimum absolute atomic E-state index is 0.678. The van der Waals surface area contributed by atoms with Crippen LogP contribution in [0.15, 0.2) is 23.2 Å². The van der Waals surface area contributed by atoms with Crippen molar-refractivity contribution in [3.05, 3.63) is 46.3 Å². The lowest BCUT2D eigenvalue weighted by molar-refractivity contribution is 0.728. The molecule has 2 heterocycles. The third kappa shape index (κ3) is 4.43. The van der Waals surface area contributed by atoms with Crippen LogP contribution < -0.4 is 15.5 Å². The van der Waals surface area contributed by atoms with E-state index in [-0.39, 0.29) is 0 Å². The normalized spacial score (nSPS) is 14.3. The van der Waals surface area contributed by atoms with Crippen LogP contribution in [0, 0.1) is 13.8 Å². The number of fused-ring (bicyclic) bond motifs is 1. The number of aryl methyl sites for hydroxylation is 3. The topological polar surface area (TPSA) is 57.5 Å². The second kappa shape index (κ2) is 8.46. The Morgan fingerprint density at radius 3 is 2.74 bits per heavy atom. The summed E-state index contributed by atoms with van der Waals surface area (Å²) in [5.74, 6) is 0.843. The molecule has 0 amide bonds. The SMILES string of the molecule is CCNC(=NCc1ccc2c(c1)CCCN2C)NCc1c(C)nn(C)c1C. The number of aliphatic imine (C=N–C) groups is 1.